The number of carbonyl (C=O) groups is 1. The summed E-state index contributed by atoms with van der Waals surface area (Å²) in [6.07, 6.45) is 1.00. The molecule has 0 spiro atoms. The molecular weight excluding hydrogens is 399 g/mol. The molecule has 2 rings (SSSR count). The van der Waals surface area contributed by atoms with Crippen LogP contribution in [0.5, 0.6) is 5.75 Å². The summed E-state index contributed by atoms with van der Waals surface area (Å²) in [7, 11) is -3.71. The highest BCUT2D eigenvalue weighted by atomic mass is 35.5. The topological polar surface area (TPSA) is 75.7 Å². The average molecular weight is 417 g/mol. The maximum Gasteiger partial charge on any atom is 0.240 e. The van der Waals surface area contributed by atoms with Gasteiger partial charge in [-0.15, -0.1) is 0 Å². The summed E-state index contributed by atoms with van der Waals surface area (Å²) in [4.78, 5) is 12.1. The minimum Gasteiger partial charge on any atom is -0.492 e. The van der Waals surface area contributed by atoms with Crippen molar-refractivity contribution in [2.75, 3.05) is 30.3 Å². The zero-order chi connectivity index (χ0) is 19.2. The monoisotopic (exact) mass is 416 g/mol. The molecule has 0 heterocycles. The number of nitrogens with zero attached hydrogens (tertiary/aromatic N) is 1. The van der Waals surface area contributed by atoms with Crippen molar-refractivity contribution >= 4 is 44.8 Å². The maximum absolute atomic E-state index is 12.1. The van der Waals surface area contributed by atoms with E-state index in [4.69, 9.17) is 27.9 Å². The summed E-state index contributed by atoms with van der Waals surface area (Å²) in [5.41, 5.74) is 0.189. The Morgan fingerprint density at radius 1 is 1.15 bits per heavy atom. The lowest BCUT2D eigenvalue weighted by Crippen LogP contribution is -2.41. The Kier molecular flexibility index (Phi) is 7.14. The van der Waals surface area contributed by atoms with Crippen LogP contribution in [0, 0.1) is 0 Å². The molecule has 0 aliphatic heterocycles. The van der Waals surface area contributed by atoms with Crippen LogP contribution in [0.15, 0.2) is 48.5 Å². The van der Waals surface area contributed by atoms with Crippen molar-refractivity contribution in [3.05, 3.63) is 58.6 Å². The van der Waals surface area contributed by atoms with Gasteiger partial charge in [-0.2, -0.15) is 0 Å². The Morgan fingerprint density at radius 2 is 1.85 bits per heavy atom. The van der Waals surface area contributed by atoms with Crippen LogP contribution in [0.3, 0.4) is 0 Å². The summed E-state index contributed by atoms with van der Waals surface area (Å²) in [5.74, 6) is 0.213. The third-order valence-electron chi connectivity index (χ3n) is 3.30. The van der Waals surface area contributed by atoms with Gasteiger partial charge in [0.15, 0.2) is 0 Å². The fourth-order valence-electron chi connectivity index (χ4n) is 2.13. The summed E-state index contributed by atoms with van der Waals surface area (Å²) < 4.78 is 30.5. The quantitative estimate of drug-likeness (QED) is 0.671. The van der Waals surface area contributed by atoms with E-state index in [1.807, 2.05) is 18.2 Å². The predicted molar refractivity (Wildman–Crippen MR) is 104 cm³/mol. The standard InChI is InChI=1S/C17H18Cl2N2O4S/c1-26(23,24)21(16-8-7-13(18)11-15(16)19)12-17(22)20-9-10-25-14-5-3-2-4-6-14/h2-8,11H,9-10,12H2,1H3,(H,20,22). The smallest absolute Gasteiger partial charge is 0.240 e. The van der Waals surface area contributed by atoms with Gasteiger partial charge in [0.2, 0.25) is 15.9 Å². The van der Waals surface area contributed by atoms with Crippen LogP contribution in [0.4, 0.5) is 5.69 Å². The summed E-state index contributed by atoms with van der Waals surface area (Å²) in [6, 6.07) is 13.5. The van der Waals surface area contributed by atoms with E-state index in [1.165, 1.54) is 18.2 Å². The number of carbonyl (C=O) groups excluding carboxylic acids is 1. The van der Waals surface area contributed by atoms with Crippen molar-refractivity contribution in [3.63, 3.8) is 0 Å². The Morgan fingerprint density at radius 3 is 2.46 bits per heavy atom. The van der Waals surface area contributed by atoms with Gasteiger partial charge in [-0.3, -0.25) is 9.10 Å². The molecule has 140 valence electrons. The molecule has 0 atom stereocenters. The second-order valence-electron chi connectivity index (χ2n) is 5.38. The summed E-state index contributed by atoms with van der Waals surface area (Å²) in [5, 5.41) is 3.13. The number of anilines is 1. The van der Waals surface area contributed by atoms with E-state index in [9.17, 15) is 13.2 Å². The van der Waals surface area contributed by atoms with E-state index in [-0.39, 0.29) is 23.9 Å². The third kappa shape index (κ3) is 6.09. The Balaban J connectivity index is 1.94. The van der Waals surface area contributed by atoms with E-state index in [0.29, 0.717) is 10.8 Å². The maximum atomic E-state index is 12.1. The van der Waals surface area contributed by atoms with E-state index in [0.717, 1.165) is 10.6 Å². The van der Waals surface area contributed by atoms with Crippen LogP contribution >= 0.6 is 23.2 Å². The number of ether oxygens (including phenoxy) is 1. The van der Waals surface area contributed by atoms with Gasteiger partial charge >= 0.3 is 0 Å². The van der Waals surface area contributed by atoms with Crippen LogP contribution in [-0.4, -0.2) is 40.3 Å². The van der Waals surface area contributed by atoms with Gasteiger partial charge in [-0.25, -0.2) is 8.42 Å². The molecule has 2 aromatic rings. The normalized spacial score (nSPS) is 11.0. The molecule has 9 heteroatoms. The van der Waals surface area contributed by atoms with Gasteiger partial charge in [0, 0.05) is 5.02 Å². The highest BCUT2D eigenvalue weighted by molar-refractivity contribution is 7.92. The molecule has 0 fully saturated rings. The number of hydrogen-bond donors (Lipinski definition) is 1. The lowest BCUT2D eigenvalue weighted by atomic mass is 10.3. The van der Waals surface area contributed by atoms with E-state index >= 15 is 0 Å². The van der Waals surface area contributed by atoms with Crippen molar-refractivity contribution in [1.82, 2.24) is 5.32 Å². The minimum atomic E-state index is -3.71. The minimum absolute atomic E-state index is 0.142. The van der Waals surface area contributed by atoms with Gasteiger partial charge in [-0.05, 0) is 30.3 Å². The fourth-order valence-corrected chi connectivity index (χ4v) is 3.56. The Hall–Kier alpha value is -1.96. The van der Waals surface area contributed by atoms with Gasteiger partial charge in [-0.1, -0.05) is 41.4 Å². The highest BCUT2D eigenvalue weighted by Gasteiger charge is 2.23. The molecular formula is C17H18Cl2N2O4S. The Labute approximate surface area is 162 Å². The number of rotatable bonds is 8. The molecule has 0 aromatic heterocycles. The summed E-state index contributed by atoms with van der Waals surface area (Å²) >= 11 is 11.9. The molecule has 1 N–H and O–H groups in total. The SMILES string of the molecule is CS(=O)(=O)N(CC(=O)NCCOc1ccccc1)c1ccc(Cl)cc1Cl. The molecule has 0 radical (unpaired) electrons. The second kappa shape index (κ2) is 9.12. The van der Waals surface area contributed by atoms with Crippen molar-refractivity contribution in [3.8, 4) is 5.75 Å². The number of benzene rings is 2. The van der Waals surface area contributed by atoms with Crippen molar-refractivity contribution in [1.29, 1.82) is 0 Å². The third-order valence-corrected chi connectivity index (χ3v) is 4.97. The molecule has 0 bridgehead atoms. The summed E-state index contributed by atoms with van der Waals surface area (Å²) in [6.45, 7) is 0.0987. The van der Waals surface area contributed by atoms with Crippen LogP contribution in [-0.2, 0) is 14.8 Å². The van der Waals surface area contributed by atoms with Gasteiger partial charge in [0.25, 0.3) is 0 Å². The fraction of sp³-hybridized carbons (Fsp3) is 0.235. The van der Waals surface area contributed by atoms with Crippen molar-refractivity contribution in [2.45, 2.75) is 0 Å². The molecule has 1 amide bonds. The number of halogens is 2. The van der Waals surface area contributed by atoms with E-state index in [1.54, 1.807) is 12.1 Å². The van der Waals surface area contributed by atoms with E-state index in [2.05, 4.69) is 5.32 Å². The van der Waals surface area contributed by atoms with Crippen molar-refractivity contribution < 1.29 is 17.9 Å². The number of sulfonamides is 1. The zero-order valence-corrected chi connectivity index (χ0v) is 16.3. The molecule has 2 aromatic carbocycles. The lowest BCUT2D eigenvalue weighted by molar-refractivity contribution is -0.119. The number of amides is 1. The molecule has 0 saturated heterocycles. The first-order chi connectivity index (χ1) is 12.3. The largest absolute Gasteiger partial charge is 0.492 e. The molecule has 0 aliphatic rings. The number of para-hydroxylation sites is 1. The van der Waals surface area contributed by atoms with Crippen LogP contribution in [0.25, 0.3) is 0 Å². The second-order valence-corrected chi connectivity index (χ2v) is 8.13. The molecule has 26 heavy (non-hydrogen) atoms. The lowest BCUT2D eigenvalue weighted by Gasteiger charge is -2.23. The van der Waals surface area contributed by atoms with Crippen LogP contribution < -0.4 is 14.4 Å². The first kappa shape index (κ1) is 20.4. The highest BCUT2D eigenvalue weighted by Crippen LogP contribution is 2.30. The van der Waals surface area contributed by atoms with Crippen LogP contribution in [0.1, 0.15) is 0 Å². The predicted octanol–water partition coefficient (Wildman–Crippen LogP) is 2.95. The molecule has 0 unspecified atom stereocenters. The average Bonchev–Trinajstić information content (AvgIpc) is 2.57. The van der Waals surface area contributed by atoms with Gasteiger partial charge < -0.3 is 10.1 Å². The molecule has 6 nitrogen and oxygen atoms in total. The van der Waals surface area contributed by atoms with Gasteiger partial charge in [0.05, 0.1) is 23.5 Å². The molecule has 0 saturated carbocycles. The Bertz CT molecular complexity index is 860. The van der Waals surface area contributed by atoms with Crippen molar-refractivity contribution in [2.24, 2.45) is 0 Å². The number of hydrogen-bond acceptors (Lipinski definition) is 4. The van der Waals surface area contributed by atoms with Gasteiger partial charge in [0.1, 0.15) is 18.9 Å². The number of nitrogens with one attached hydrogen (secondary N) is 1. The van der Waals surface area contributed by atoms with Crippen LogP contribution in [0.2, 0.25) is 10.0 Å². The molecule has 0 aliphatic carbocycles. The zero-order valence-electron chi connectivity index (χ0n) is 14.0. The van der Waals surface area contributed by atoms with E-state index < -0.39 is 22.5 Å². The first-order valence-corrected chi connectivity index (χ1v) is 10.2. The first-order valence-electron chi connectivity index (χ1n) is 7.64.